The first-order chi connectivity index (χ1) is 13.9. The van der Waals surface area contributed by atoms with E-state index < -0.39 is 11.9 Å². The van der Waals surface area contributed by atoms with E-state index in [1.54, 1.807) is 26.0 Å². The van der Waals surface area contributed by atoms with Gasteiger partial charge in [-0.15, -0.1) is 0 Å². The zero-order chi connectivity index (χ0) is 20.7. The predicted molar refractivity (Wildman–Crippen MR) is 109 cm³/mol. The Hall–Kier alpha value is -2.86. The number of allylic oxidation sites excluding steroid dienone is 3. The number of benzene rings is 1. The Morgan fingerprint density at radius 3 is 2.86 bits per heavy atom. The maximum atomic E-state index is 13.3. The number of rotatable bonds is 3. The van der Waals surface area contributed by atoms with E-state index in [4.69, 9.17) is 20.8 Å². The minimum atomic E-state index is -0.835. The number of fused-ring (bicyclic) bond motifs is 1. The highest BCUT2D eigenvalue weighted by Gasteiger charge is 2.40. The summed E-state index contributed by atoms with van der Waals surface area (Å²) < 4.78 is 10.9. The van der Waals surface area contributed by atoms with Crippen LogP contribution in [-0.2, 0) is 14.3 Å². The van der Waals surface area contributed by atoms with Crippen LogP contribution in [0.4, 0.5) is 0 Å². The first-order valence-corrected chi connectivity index (χ1v) is 9.92. The molecule has 2 aliphatic rings. The van der Waals surface area contributed by atoms with Crippen molar-refractivity contribution in [2.75, 3.05) is 6.61 Å². The van der Waals surface area contributed by atoms with E-state index in [-0.39, 0.29) is 29.0 Å². The van der Waals surface area contributed by atoms with Crippen LogP contribution in [0.15, 0.2) is 56.2 Å². The van der Waals surface area contributed by atoms with Crippen LogP contribution in [0.1, 0.15) is 44.6 Å². The third-order valence-corrected chi connectivity index (χ3v) is 5.58. The van der Waals surface area contributed by atoms with Gasteiger partial charge in [-0.05, 0) is 44.9 Å². The number of dihydropyridines is 1. The van der Waals surface area contributed by atoms with Crippen molar-refractivity contribution >= 4 is 34.3 Å². The molecule has 0 unspecified atom stereocenters. The Labute approximate surface area is 172 Å². The summed E-state index contributed by atoms with van der Waals surface area (Å²) in [4.78, 5) is 39.0. The van der Waals surface area contributed by atoms with Gasteiger partial charge in [0.15, 0.2) is 11.2 Å². The van der Waals surface area contributed by atoms with Crippen molar-refractivity contribution in [3.8, 4) is 0 Å². The van der Waals surface area contributed by atoms with Gasteiger partial charge in [0.2, 0.25) is 0 Å². The van der Waals surface area contributed by atoms with Gasteiger partial charge in [-0.25, -0.2) is 4.79 Å². The molecule has 2 aromatic rings. The number of hydrogen-bond donors (Lipinski definition) is 1. The summed E-state index contributed by atoms with van der Waals surface area (Å²) in [5.41, 5.74) is 2.33. The van der Waals surface area contributed by atoms with Crippen molar-refractivity contribution in [2.24, 2.45) is 0 Å². The van der Waals surface area contributed by atoms with Crippen molar-refractivity contribution in [3.63, 3.8) is 0 Å². The van der Waals surface area contributed by atoms with Crippen molar-refractivity contribution in [1.82, 2.24) is 5.32 Å². The van der Waals surface area contributed by atoms with Crippen LogP contribution in [0.3, 0.4) is 0 Å². The Balaban J connectivity index is 1.99. The molecule has 0 bridgehead atoms. The lowest BCUT2D eigenvalue weighted by molar-refractivity contribution is -0.138. The van der Waals surface area contributed by atoms with E-state index in [9.17, 15) is 14.4 Å². The molecule has 29 heavy (non-hydrogen) atoms. The molecule has 1 aliphatic carbocycles. The lowest BCUT2D eigenvalue weighted by Crippen LogP contribution is -2.36. The van der Waals surface area contributed by atoms with Crippen molar-refractivity contribution < 1.29 is 18.7 Å². The Bertz CT molecular complexity index is 1160. The number of carbonyl (C=O) groups excluding carboxylic acids is 2. The molecule has 1 N–H and O–H groups in total. The smallest absolute Gasteiger partial charge is 0.336 e. The van der Waals surface area contributed by atoms with E-state index in [2.05, 4.69) is 5.32 Å². The van der Waals surface area contributed by atoms with Gasteiger partial charge in [-0.3, -0.25) is 9.59 Å². The summed E-state index contributed by atoms with van der Waals surface area (Å²) in [6, 6.07) is 4.79. The maximum Gasteiger partial charge on any atom is 0.336 e. The van der Waals surface area contributed by atoms with Crippen LogP contribution in [0.5, 0.6) is 0 Å². The highest BCUT2D eigenvalue weighted by atomic mass is 35.5. The molecule has 0 saturated heterocycles. The van der Waals surface area contributed by atoms with Gasteiger partial charge in [-0.1, -0.05) is 11.6 Å². The third-order valence-electron chi connectivity index (χ3n) is 5.34. The SMILES string of the molecule is CCOC(=O)C1=C(C)NC2=C(C(=O)CCC2)[C@@H]1c1coc2ccc(Cl)cc2c1=O. The molecule has 0 radical (unpaired) electrons. The number of nitrogens with one attached hydrogen (secondary N) is 1. The molecule has 150 valence electrons. The molecular weight excluding hydrogens is 394 g/mol. The van der Waals surface area contributed by atoms with Gasteiger partial charge in [0.25, 0.3) is 0 Å². The number of halogens is 1. The van der Waals surface area contributed by atoms with Crippen LogP contribution >= 0.6 is 11.6 Å². The fourth-order valence-electron chi connectivity index (χ4n) is 4.09. The number of ether oxygens (including phenoxy) is 1. The summed E-state index contributed by atoms with van der Waals surface area (Å²) in [7, 11) is 0. The average molecular weight is 414 g/mol. The average Bonchev–Trinajstić information content (AvgIpc) is 2.68. The van der Waals surface area contributed by atoms with Gasteiger partial charge < -0.3 is 14.5 Å². The van der Waals surface area contributed by atoms with Crippen LogP contribution < -0.4 is 10.7 Å². The van der Waals surface area contributed by atoms with Gasteiger partial charge in [0, 0.05) is 34.0 Å². The van der Waals surface area contributed by atoms with Crippen molar-refractivity contribution in [1.29, 1.82) is 0 Å². The lowest BCUT2D eigenvalue weighted by Gasteiger charge is -2.33. The minimum absolute atomic E-state index is 0.0800. The molecule has 0 saturated carbocycles. The Morgan fingerprint density at radius 2 is 2.10 bits per heavy atom. The molecule has 0 spiro atoms. The fourth-order valence-corrected chi connectivity index (χ4v) is 4.26. The first-order valence-electron chi connectivity index (χ1n) is 9.54. The monoisotopic (exact) mass is 413 g/mol. The number of ketones is 1. The molecule has 1 atom stereocenters. The van der Waals surface area contributed by atoms with Crippen molar-refractivity contribution in [2.45, 2.75) is 39.0 Å². The normalized spacial score (nSPS) is 19.3. The van der Waals surface area contributed by atoms with E-state index in [1.165, 1.54) is 12.3 Å². The quantitative estimate of drug-likeness (QED) is 0.766. The minimum Gasteiger partial charge on any atom is -0.464 e. The summed E-state index contributed by atoms with van der Waals surface area (Å²) in [5, 5.41) is 3.89. The van der Waals surface area contributed by atoms with Gasteiger partial charge in [0.1, 0.15) is 5.58 Å². The number of Topliss-reactive ketones (excluding diaryl/α,β-unsaturated/α-hetero) is 1. The fraction of sp³-hybridized carbons (Fsp3) is 0.318. The molecular formula is C22H20ClNO5. The molecule has 7 heteroatoms. The Morgan fingerprint density at radius 1 is 1.31 bits per heavy atom. The van der Waals surface area contributed by atoms with Crippen molar-refractivity contribution in [3.05, 3.63) is 67.8 Å². The Kier molecular flexibility index (Phi) is 5.04. The van der Waals surface area contributed by atoms with Crippen LogP contribution in [0.25, 0.3) is 11.0 Å². The molecule has 4 rings (SSSR count). The van der Waals surface area contributed by atoms with Gasteiger partial charge in [0.05, 0.1) is 29.7 Å². The molecule has 2 heterocycles. The second-order valence-electron chi connectivity index (χ2n) is 7.15. The molecule has 1 aliphatic heterocycles. The van der Waals surface area contributed by atoms with E-state index in [0.29, 0.717) is 40.1 Å². The van der Waals surface area contributed by atoms with E-state index in [0.717, 1.165) is 12.1 Å². The second kappa shape index (κ2) is 7.52. The number of hydrogen-bond acceptors (Lipinski definition) is 6. The zero-order valence-electron chi connectivity index (χ0n) is 16.1. The number of carbonyl (C=O) groups is 2. The molecule has 1 aromatic heterocycles. The summed E-state index contributed by atoms with van der Waals surface area (Å²) in [5.74, 6) is -1.47. The molecule has 0 amide bonds. The van der Waals surface area contributed by atoms with Crippen LogP contribution in [0, 0.1) is 0 Å². The highest BCUT2D eigenvalue weighted by molar-refractivity contribution is 6.31. The third kappa shape index (κ3) is 3.27. The van der Waals surface area contributed by atoms with Crippen LogP contribution in [-0.4, -0.2) is 18.4 Å². The predicted octanol–water partition coefficient (Wildman–Crippen LogP) is 3.98. The highest BCUT2D eigenvalue weighted by Crippen LogP contribution is 2.42. The van der Waals surface area contributed by atoms with Gasteiger partial charge >= 0.3 is 5.97 Å². The molecule has 6 nitrogen and oxygen atoms in total. The second-order valence-corrected chi connectivity index (χ2v) is 7.58. The van der Waals surface area contributed by atoms with E-state index >= 15 is 0 Å². The summed E-state index contributed by atoms with van der Waals surface area (Å²) in [6.45, 7) is 3.65. The van der Waals surface area contributed by atoms with Gasteiger partial charge in [-0.2, -0.15) is 0 Å². The molecule has 0 fully saturated rings. The van der Waals surface area contributed by atoms with E-state index in [1.807, 2.05) is 0 Å². The summed E-state index contributed by atoms with van der Waals surface area (Å²) in [6.07, 6.45) is 3.11. The first kappa shape index (κ1) is 19.5. The molecule has 1 aromatic carbocycles. The number of esters is 1. The summed E-state index contributed by atoms with van der Waals surface area (Å²) >= 11 is 6.07. The lowest BCUT2D eigenvalue weighted by atomic mass is 9.75. The standard InChI is InChI=1S/C22H20ClNO5/c1-3-28-22(27)18-11(2)24-15-5-4-6-16(25)20(15)19(18)14-10-29-17-8-7-12(23)9-13(17)21(14)26/h7-10,19,24H,3-6H2,1-2H3/t19-/m1/s1. The maximum absolute atomic E-state index is 13.3. The zero-order valence-corrected chi connectivity index (χ0v) is 16.9. The topological polar surface area (TPSA) is 85.6 Å². The van der Waals surface area contributed by atoms with Crippen LogP contribution in [0.2, 0.25) is 5.02 Å². The largest absolute Gasteiger partial charge is 0.464 e.